The van der Waals surface area contributed by atoms with Crippen molar-refractivity contribution in [2.75, 3.05) is 11.5 Å². The molecule has 0 saturated heterocycles. The van der Waals surface area contributed by atoms with Crippen LogP contribution >= 0.6 is 35.3 Å². The van der Waals surface area contributed by atoms with Crippen LogP contribution in [0.5, 0.6) is 0 Å². The van der Waals surface area contributed by atoms with Crippen LogP contribution in [0.3, 0.4) is 0 Å². The Hall–Kier alpha value is -1.30. The minimum atomic E-state index is 0.218. The fourth-order valence-electron chi connectivity index (χ4n) is 4.95. The van der Waals surface area contributed by atoms with Crippen molar-refractivity contribution in [3.8, 4) is 0 Å². The van der Waals surface area contributed by atoms with Crippen LogP contribution in [0.1, 0.15) is 42.7 Å². The van der Waals surface area contributed by atoms with Gasteiger partial charge in [-0.15, -0.1) is 23.5 Å². The van der Waals surface area contributed by atoms with E-state index in [1.165, 1.54) is 41.7 Å². The molecule has 2 aromatic rings. The Morgan fingerprint density at radius 3 is 2.53 bits per heavy atom. The summed E-state index contributed by atoms with van der Waals surface area (Å²) in [5.74, 6) is 3.24. The molecule has 2 heterocycles. The fraction of sp³-hybridized carbons (Fsp3) is 0.400. The number of hydrogen-bond donors (Lipinski definition) is 1. The number of aliphatic imine (C=N–C) groups is 1. The highest BCUT2D eigenvalue weighted by Gasteiger charge is 2.49. The number of rotatable bonds is 5. The van der Waals surface area contributed by atoms with Crippen LogP contribution in [0.2, 0.25) is 0 Å². The molecule has 0 unspecified atom stereocenters. The summed E-state index contributed by atoms with van der Waals surface area (Å²) in [4.78, 5) is 6.12. The minimum Gasteiger partial charge on any atom is -0.379 e. The van der Waals surface area contributed by atoms with Gasteiger partial charge in [0.15, 0.2) is 5.17 Å². The first-order chi connectivity index (χ1) is 14.7. The lowest BCUT2D eigenvalue weighted by atomic mass is 9.75. The molecule has 30 heavy (non-hydrogen) atoms. The second kappa shape index (κ2) is 9.05. The van der Waals surface area contributed by atoms with Gasteiger partial charge < -0.3 is 5.73 Å². The van der Waals surface area contributed by atoms with E-state index in [-0.39, 0.29) is 4.08 Å². The molecule has 2 aliphatic heterocycles. The van der Waals surface area contributed by atoms with Gasteiger partial charge in [0, 0.05) is 22.3 Å². The molecule has 5 heteroatoms. The van der Waals surface area contributed by atoms with Crippen LogP contribution in [-0.4, -0.2) is 26.8 Å². The lowest BCUT2D eigenvalue weighted by molar-refractivity contribution is 0.320. The van der Waals surface area contributed by atoms with E-state index in [4.69, 9.17) is 5.73 Å². The molecule has 4 atom stereocenters. The van der Waals surface area contributed by atoms with Gasteiger partial charge in [0.25, 0.3) is 0 Å². The Kier molecular flexibility index (Phi) is 6.22. The summed E-state index contributed by atoms with van der Waals surface area (Å²) >= 11 is 6.02. The molecular weight excluding hydrogens is 424 g/mol. The zero-order valence-corrected chi connectivity index (χ0v) is 19.5. The van der Waals surface area contributed by atoms with E-state index in [0.29, 0.717) is 17.9 Å². The van der Waals surface area contributed by atoms with E-state index in [1.54, 1.807) is 11.8 Å². The second-order valence-corrected chi connectivity index (χ2v) is 12.4. The van der Waals surface area contributed by atoms with Crippen molar-refractivity contribution >= 4 is 45.4 Å². The maximum atomic E-state index is 5.95. The number of fused-ring (bicyclic) bond motifs is 1. The molecule has 0 spiro atoms. The van der Waals surface area contributed by atoms with Gasteiger partial charge >= 0.3 is 0 Å². The Morgan fingerprint density at radius 2 is 1.80 bits per heavy atom. The third-order valence-corrected chi connectivity index (χ3v) is 10.9. The van der Waals surface area contributed by atoms with Gasteiger partial charge in [-0.2, -0.15) is 0 Å². The molecule has 3 aliphatic rings. The molecule has 1 fully saturated rings. The summed E-state index contributed by atoms with van der Waals surface area (Å²) in [6.45, 7) is 0. The monoisotopic (exact) mass is 452 g/mol. The highest BCUT2D eigenvalue weighted by atomic mass is 32.2. The van der Waals surface area contributed by atoms with Crippen molar-refractivity contribution in [3.05, 3.63) is 77.9 Å². The zero-order valence-electron chi connectivity index (χ0n) is 17.1. The Labute approximate surface area is 192 Å². The third kappa shape index (κ3) is 4.21. The normalized spacial score (nSPS) is 31.0. The molecule has 1 aliphatic carbocycles. The maximum Gasteiger partial charge on any atom is 0.154 e. The summed E-state index contributed by atoms with van der Waals surface area (Å²) in [6.07, 6.45) is 7.81. The first kappa shape index (κ1) is 20.6. The molecule has 2 N–H and O–H groups in total. The topological polar surface area (TPSA) is 38.4 Å². The number of hydrogen-bond acceptors (Lipinski definition) is 5. The highest BCUT2D eigenvalue weighted by Crippen LogP contribution is 2.63. The van der Waals surface area contributed by atoms with Crippen LogP contribution in [0.25, 0.3) is 4.91 Å². The summed E-state index contributed by atoms with van der Waals surface area (Å²) in [7, 11) is 0. The number of allylic oxidation sites excluding steroid dienone is 1. The van der Waals surface area contributed by atoms with E-state index in [2.05, 4.69) is 95.3 Å². The van der Waals surface area contributed by atoms with Gasteiger partial charge in [0.1, 0.15) is 0 Å². The smallest absolute Gasteiger partial charge is 0.154 e. The number of thioether (sulfide) groups is 3. The van der Waals surface area contributed by atoms with Gasteiger partial charge in [-0.05, 0) is 29.9 Å². The van der Waals surface area contributed by atoms with Crippen molar-refractivity contribution in [1.82, 2.24) is 0 Å². The average molecular weight is 453 g/mol. The van der Waals surface area contributed by atoms with Gasteiger partial charge in [0.2, 0.25) is 0 Å². The van der Waals surface area contributed by atoms with Gasteiger partial charge in [-0.3, -0.25) is 4.99 Å². The molecule has 0 amide bonds. The third-order valence-electron chi connectivity index (χ3n) is 6.40. The maximum absolute atomic E-state index is 5.95. The van der Waals surface area contributed by atoms with E-state index in [9.17, 15) is 0 Å². The first-order valence-electron chi connectivity index (χ1n) is 10.8. The van der Waals surface area contributed by atoms with E-state index < -0.39 is 0 Å². The zero-order chi connectivity index (χ0) is 20.4. The van der Waals surface area contributed by atoms with Crippen LogP contribution in [-0.2, 0) is 0 Å². The molecule has 1 saturated carbocycles. The van der Waals surface area contributed by atoms with Crippen LogP contribution in [0, 0.1) is 5.92 Å². The van der Waals surface area contributed by atoms with Crippen LogP contribution in [0.4, 0.5) is 0 Å². The predicted molar refractivity (Wildman–Crippen MR) is 136 cm³/mol. The number of amidine groups is 1. The van der Waals surface area contributed by atoms with Crippen molar-refractivity contribution in [1.29, 1.82) is 0 Å². The standard InChI is InChI=1S/C25H28N2S3/c26-24-27-20(16-28-24)17-29-25-14-8-7-13-22(25)21(18-9-3-1-4-10-18)15-23(30-25)19-11-5-2-6-12-19/h1-6,9-12,15,20-22H,7-8,13-14,16-17H2,(H2,26,27)/t20-,21-,22+,25-/m0/s1. The Bertz CT molecular complexity index is 928. The SMILES string of the molecule is NC1=N[C@H](CS[C@]23CCCC[C@@H]2[C@H](c2ccccc2)C=C(c2ccccc2)S3)CS1. The predicted octanol–water partition coefficient (Wildman–Crippen LogP) is 6.61. The largest absolute Gasteiger partial charge is 0.379 e. The summed E-state index contributed by atoms with van der Waals surface area (Å²) in [6, 6.07) is 22.5. The summed E-state index contributed by atoms with van der Waals surface area (Å²) < 4.78 is 0.218. The molecular formula is C25H28N2S3. The Balaban J connectivity index is 1.51. The molecule has 5 rings (SSSR count). The van der Waals surface area contributed by atoms with Crippen molar-refractivity contribution in [2.45, 2.75) is 41.7 Å². The van der Waals surface area contributed by atoms with Crippen LogP contribution < -0.4 is 5.73 Å². The van der Waals surface area contributed by atoms with Gasteiger partial charge in [-0.25, -0.2) is 0 Å². The lowest BCUT2D eigenvalue weighted by Gasteiger charge is -2.50. The fourth-order valence-corrected chi connectivity index (χ4v) is 9.52. The second-order valence-electron chi connectivity index (χ2n) is 8.34. The summed E-state index contributed by atoms with van der Waals surface area (Å²) in [5.41, 5.74) is 8.76. The molecule has 0 aromatic heterocycles. The molecule has 0 bridgehead atoms. The van der Waals surface area contributed by atoms with E-state index in [1.807, 2.05) is 0 Å². The molecule has 156 valence electrons. The van der Waals surface area contributed by atoms with E-state index >= 15 is 0 Å². The number of benzene rings is 2. The van der Waals surface area contributed by atoms with Crippen molar-refractivity contribution in [2.24, 2.45) is 16.6 Å². The molecule has 0 radical (unpaired) electrons. The van der Waals surface area contributed by atoms with Crippen molar-refractivity contribution in [3.63, 3.8) is 0 Å². The van der Waals surface area contributed by atoms with Crippen LogP contribution in [0.15, 0.2) is 71.7 Å². The molecule has 2 aromatic carbocycles. The minimum absolute atomic E-state index is 0.218. The highest BCUT2D eigenvalue weighted by molar-refractivity contribution is 8.22. The van der Waals surface area contributed by atoms with E-state index in [0.717, 1.165) is 16.7 Å². The molecule has 2 nitrogen and oxygen atoms in total. The number of nitrogens with two attached hydrogens (primary N) is 1. The van der Waals surface area contributed by atoms with Gasteiger partial charge in [0.05, 0.1) is 10.1 Å². The quantitative estimate of drug-likeness (QED) is 0.554. The van der Waals surface area contributed by atoms with Gasteiger partial charge in [-0.1, -0.05) is 91.3 Å². The lowest BCUT2D eigenvalue weighted by Crippen LogP contribution is -2.41. The Morgan fingerprint density at radius 1 is 1.03 bits per heavy atom. The van der Waals surface area contributed by atoms with Crippen molar-refractivity contribution < 1.29 is 0 Å². The average Bonchev–Trinajstić information content (AvgIpc) is 3.23. The summed E-state index contributed by atoms with van der Waals surface area (Å²) in [5, 5.41) is 0.765. The number of nitrogens with zero attached hydrogens (tertiary/aromatic N) is 1. The first-order valence-corrected chi connectivity index (χ1v) is 13.6.